The van der Waals surface area contributed by atoms with E-state index in [4.69, 9.17) is 14.5 Å². The van der Waals surface area contributed by atoms with Crippen molar-refractivity contribution in [2.24, 2.45) is 0 Å². The first-order chi connectivity index (χ1) is 18.1. The van der Waals surface area contributed by atoms with Crippen LogP contribution in [0.1, 0.15) is 162 Å². The van der Waals surface area contributed by atoms with Gasteiger partial charge >= 0.3 is 0 Å². The van der Waals surface area contributed by atoms with Gasteiger partial charge in [0.2, 0.25) is 0 Å². The van der Waals surface area contributed by atoms with Gasteiger partial charge in [-0.25, -0.2) is 9.78 Å². The van der Waals surface area contributed by atoms with Gasteiger partial charge in [0.15, 0.2) is 6.29 Å². The van der Waals surface area contributed by atoms with Gasteiger partial charge in [0.05, 0.1) is 12.2 Å². The first-order valence-corrected chi connectivity index (χ1v) is 16.0. The maximum Gasteiger partial charge on any atom is 0.191 e. The Morgan fingerprint density at radius 1 is 0.541 bits per heavy atom. The third-order valence-corrected chi connectivity index (χ3v) is 7.35. The van der Waals surface area contributed by atoms with E-state index < -0.39 is 11.9 Å². The van der Waals surface area contributed by atoms with Crippen molar-refractivity contribution >= 4 is 0 Å². The van der Waals surface area contributed by atoms with Crippen LogP contribution < -0.4 is 0 Å². The quantitative estimate of drug-likeness (QED) is 0.0363. The Morgan fingerprint density at radius 3 is 1.32 bits per heavy atom. The van der Waals surface area contributed by atoms with Gasteiger partial charge < -0.3 is 20.1 Å². The molecule has 0 aromatic carbocycles. The van der Waals surface area contributed by atoms with Crippen LogP contribution in [0, 0.1) is 0 Å². The van der Waals surface area contributed by atoms with Crippen molar-refractivity contribution in [2.75, 3.05) is 26.4 Å². The lowest BCUT2D eigenvalue weighted by atomic mass is 9.91. The van der Waals surface area contributed by atoms with Gasteiger partial charge in [-0.3, -0.25) is 0 Å². The molecule has 0 spiro atoms. The summed E-state index contributed by atoms with van der Waals surface area (Å²) in [7, 11) is 0. The zero-order chi connectivity index (χ0) is 27.3. The number of aliphatic hydroxyl groups is 3. The summed E-state index contributed by atoms with van der Waals surface area (Å²) in [6.07, 6.45) is 24.8. The molecule has 0 bridgehead atoms. The van der Waals surface area contributed by atoms with E-state index in [1.54, 1.807) is 0 Å². The second-order valence-corrected chi connectivity index (χ2v) is 10.9. The topological polar surface area (TPSA) is 88.4 Å². The fourth-order valence-corrected chi connectivity index (χ4v) is 4.95. The summed E-state index contributed by atoms with van der Waals surface area (Å²) in [5.41, 5.74) is -0.803. The lowest BCUT2D eigenvalue weighted by Gasteiger charge is -2.34. The van der Waals surface area contributed by atoms with Crippen molar-refractivity contribution in [3.05, 3.63) is 0 Å². The maximum absolute atomic E-state index is 10.4. The van der Waals surface area contributed by atoms with E-state index in [1.807, 2.05) is 0 Å². The Balaban J connectivity index is 3.98. The molecule has 0 aliphatic rings. The molecule has 6 nitrogen and oxygen atoms in total. The molecule has 0 aromatic heterocycles. The molecule has 0 fully saturated rings. The van der Waals surface area contributed by atoms with E-state index in [9.17, 15) is 15.3 Å². The molecular formula is C31H64O6. The van der Waals surface area contributed by atoms with E-state index in [0.29, 0.717) is 26.1 Å². The zero-order valence-electron chi connectivity index (χ0n) is 24.7. The van der Waals surface area contributed by atoms with E-state index in [1.165, 1.54) is 103 Å². The molecule has 0 radical (unpaired) electrons. The molecule has 0 heterocycles. The number of hydrogen-bond acceptors (Lipinski definition) is 6. The minimum atomic E-state index is -1.14. The van der Waals surface area contributed by atoms with Crippen molar-refractivity contribution in [3.8, 4) is 0 Å². The van der Waals surface area contributed by atoms with Crippen LogP contribution in [0.3, 0.4) is 0 Å². The summed E-state index contributed by atoms with van der Waals surface area (Å²) < 4.78 is 6.15. The average Bonchev–Trinajstić information content (AvgIpc) is 2.88. The van der Waals surface area contributed by atoms with E-state index >= 15 is 0 Å². The number of rotatable bonds is 31. The van der Waals surface area contributed by atoms with Crippen molar-refractivity contribution in [2.45, 2.75) is 173 Å². The number of aliphatic hydroxyl groups excluding tert-OH is 3. The number of ether oxygens (including phenoxy) is 1. The summed E-state index contributed by atoms with van der Waals surface area (Å²) in [5.74, 6) is 0. The Morgan fingerprint density at radius 2 is 0.919 bits per heavy atom. The van der Waals surface area contributed by atoms with Crippen LogP contribution in [0.25, 0.3) is 0 Å². The van der Waals surface area contributed by atoms with Gasteiger partial charge in [0.25, 0.3) is 0 Å². The smallest absolute Gasteiger partial charge is 0.191 e. The SMILES string of the molecule is CCCCCCCCCCCCOOC(O)CC(CCO)(CCO)OCCCCCCCCCCCC. The first kappa shape index (κ1) is 36.8. The minimum Gasteiger partial charge on any atom is -0.396 e. The highest BCUT2D eigenvalue weighted by molar-refractivity contribution is 4.82. The van der Waals surface area contributed by atoms with Crippen LogP contribution in [0.15, 0.2) is 0 Å². The number of unbranched alkanes of at least 4 members (excludes halogenated alkanes) is 18. The molecule has 0 aliphatic carbocycles. The highest BCUT2D eigenvalue weighted by Gasteiger charge is 2.33. The van der Waals surface area contributed by atoms with Gasteiger partial charge in [-0.1, -0.05) is 129 Å². The van der Waals surface area contributed by atoms with E-state index in [0.717, 1.165) is 25.7 Å². The summed E-state index contributed by atoms with van der Waals surface area (Å²) in [4.78, 5) is 10.4. The molecule has 0 aromatic rings. The standard InChI is InChI=1S/C31H64O6/c1-3-5-7-9-11-13-15-17-19-21-27-35-31(23-25-32,24-26-33)29-30(34)37-36-28-22-20-18-16-14-12-10-8-6-4-2/h30,32-34H,3-29H2,1-2H3. The predicted molar refractivity (Wildman–Crippen MR) is 153 cm³/mol. The van der Waals surface area contributed by atoms with Gasteiger partial charge in [-0.2, -0.15) is 0 Å². The van der Waals surface area contributed by atoms with Crippen molar-refractivity contribution in [1.29, 1.82) is 0 Å². The summed E-state index contributed by atoms with van der Waals surface area (Å²) in [5, 5.41) is 29.6. The van der Waals surface area contributed by atoms with E-state index in [-0.39, 0.29) is 19.6 Å². The normalized spacial score (nSPS) is 12.9. The first-order valence-electron chi connectivity index (χ1n) is 16.0. The molecule has 0 rings (SSSR count). The molecule has 224 valence electrons. The van der Waals surface area contributed by atoms with Gasteiger partial charge in [-0.15, -0.1) is 0 Å². The molecular weight excluding hydrogens is 468 g/mol. The Kier molecular flexibility index (Phi) is 28.6. The Hall–Kier alpha value is -0.240. The largest absolute Gasteiger partial charge is 0.396 e. The van der Waals surface area contributed by atoms with Gasteiger partial charge in [0.1, 0.15) is 0 Å². The van der Waals surface area contributed by atoms with E-state index in [2.05, 4.69) is 13.8 Å². The fraction of sp³-hybridized carbons (Fsp3) is 1.00. The number of hydrogen-bond donors (Lipinski definition) is 3. The zero-order valence-corrected chi connectivity index (χ0v) is 24.7. The average molecular weight is 533 g/mol. The van der Waals surface area contributed by atoms with Crippen LogP contribution in [0.5, 0.6) is 0 Å². The lowest BCUT2D eigenvalue weighted by molar-refractivity contribution is -0.377. The van der Waals surface area contributed by atoms with Crippen LogP contribution in [-0.2, 0) is 14.5 Å². The molecule has 0 saturated heterocycles. The lowest BCUT2D eigenvalue weighted by Crippen LogP contribution is -2.40. The molecule has 0 saturated carbocycles. The van der Waals surface area contributed by atoms with Gasteiger partial charge in [0, 0.05) is 26.2 Å². The van der Waals surface area contributed by atoms with Crippen LogP contribution in [0.2, 0.25) is 0 Å². The van der Waals surface area contributed by atoms with Crippen molar-refractivity contribution in [1.82, 2.24) is 0 Å². The third-order valence-electron chi connectivity index (χ3n) is 7.35. The highest BCUT2D eigenvalue weighted by atomic mass is 17.2. The fourth-order valence-electron chi connectivity index (χ4n) is 4.95. The third kappa shape index (κ3) is 24.5. The van der Waals surface area contributed by atoms with Crippen molar-refractivity contribution in [3.63, 3.8) is 0 Å². The monoisotopic (exact) mass is 532 g/mol. The summed E-state index contributed by atoms with van der Waals surface area (Å²) in [6.45, 7) is 5.38. The van der Waals surface area contributed by atoms with Crippen LogP contribution in [-0.4, -0.2) is 53.6 Å². The molecule has 1 atom stereocenters. The Labute approximate surface area is 229 Å². The summed E-state index contributed by atoms with van der Waals surface area (Å²) in [6, 6.07) is 0. The second-order valence-electron chi connectivity index (χ2n) is 10.9. The summed E-state index contributed by atoms with van der Waals surface area (Å²) >= 11 is 0. The van der Waals surface area contributed by atoms with Crippen LogP contribution in [0.4, 0.5) is 0 Å². The highest BCUT2D eigenvalue weighted by Crippen LogP contribution is 2.28. The van der Waals surface area contributed by atoms with Crippen LogP contribution >= 0.6 is 0 Å². The molecule has 3 N–H and O–H groups in total. The molecule has 0 amide bonds. The molecule has 37 heavy (non-hydrogen) atoms. The Bertz CT molecular complexity index is 428. The van der Waals surface area contributed by atoms with Crippen molar-refractivity contribution < 1.29 is 29.8 Å². The minimum absolute atomic E-state index is 0.0653. The maximum atomic E-state index is 10.4. The molecule has 1 unspecified atom stereocenters. The van der Waals surface area contributed by atoms with Gasteiger partial charge in [-0.05, 0) is 25.7 Å². The second kappa shape index (κ2) is 28.8. The molecule has 6 heteroatoms. The molecule has 0 aliphatic heterocycles. The predicted octanol–water partition coefficient (Wildman–Crippen LogP) is 8.01.